The smallest absolute Gasteiger partial charge is 0.0739 e. The Balaban J connectivity index is 0.000000386. The Labute approximate surface area is 96.3 Å². The van der Waals surface area contributed by atoms with Gasteiger partial charge in [-0.3, -0.25) is 10.4 Å². The molecule has 1 aromatic heterocycles. The Hall–Kier alpha value is -2.08. The third-order valence-electron chi connectivity index (χ3n) is 1.96. The number of aromatic nitrogens is 1. The average molecular weight is 213 g/mol. The van der Waals surface area contributed by atoms with E-state index in [1.54, 1.807) is 13.1 Å². The second kappa shape index (κ2) is 5.72. The molecule has 0 fully saturated rings. The summed E-state index contributed by atoms with van der Waals surface area (Å²) in [5, 5.41) is 4.17. The molecule has 0 atom stereocenters. The number of nitrogens with zero attached hydrogens (tertiary/aromatic N) is 2. The summed E-state index contributed by atoms with van der Waals surface area (Å²) in [6, 6.07) is 3.99. The summed E-state index contributed by atoms with van der Waals surface area (Å²) in [5.74, 6) is 2.25. The standard InChI is InChI=1S/C10H11N3.C3H4/c1-7-5-9(3-4-11-7)10-6-8(2)12-13-10;1-3-2/h3-5,12H,2,6H2,1H3;1H,2H3. The van der Waals surface area contributed by atoms with Crippen LogP contribution < -0.4 is 5.43 Å². The van der Waals surface area contributed by atoms with Gasteiger partial charge in [0.25, 0.3) is 0 Å². The molecule has 0 bridgehead atoms. The maximum absolute atomic E-state index is 4.60. The molecule has 0 saturated heterocycles. The molecule has 2 heterocycles. The molecule has 0 unspecified atom stereocenters. The van der Waals surface area contributed by atoms with Crippen LogP contribution in [-0.4, -0.2) is 10.7 Å². The molecule has 0 saturated carbocycles. The van der Waals surface area contributed by atoms with Gasteiger partial charge in [-0.1, -0.05) is 6.58 Å². The van der Waals surface area contributed by atoms with Crippen LogP contribution in [0.1, 0.15) is 24.6 Å². The van der Waals surface area contributed by atoms with Gasteiger partial charge in [0.1, 0.15) is 0 Å². The quantitative estimate of drug-likeness (QED) is 0.726. The molecule has 0 radical (unpaired) electrons. The lowest BCUT2D eigenvalue weighted by atomic mass is 10.1. The fraction of sp³-hybridized carbons (Fsp3) is 0.231. The van der Waals surface area contributed by atoms with Gasteiger partial charge in [-0.05, 0) is 26.0 Å². The zero-order valence-electron chi connectivity index (χ0n) is 9.62. The summed E-state index contributed by atoms with van der Waals surface area (Å²) in [6.07, 6.45) is 7.21. The summed E-state index contributed by atoms with van der Waals surface area (Å²) in [7, 11) is 0. The number of terminal acetylenes is 1. The largest absolute Gasteiger partial charge is 0.283 e. The highest BCUT2D eigenvalue weighted by atomic mass is 15.3. The van der Waals surface area contributed by atoms with Gasteiger partial charge in [0.2, 0.25) is 0 Å². The first-order valence-corrected chi connectivity index (χ1v) is 4.98. The van der Waals surface area contributed by atoms with Crippen molar-refractivity contribution < 1.29 is 0 Å². The van der Waals surface area contributed by atoms with Gasteiger partial charge in [-0.15, -0.1) is 12.3 Å². The Morgan fingerprint density at radius 3 is 2.75 bits per heavy atom. The van der Waals surface area contributed by atoms with Crippen LogP contribution in [0.15, 0.2) is 35.7 Å². The number of hydrogen-bond donors (Lipinski definition) is 1. The number of hydrazone groups is 1. The number of rotatable bonds is 1. The lowest BCUT2D eigenvalue weighted by Gasteiger charge is -1.98. The maximum atomic E-state index is 4.60. The van der Waals surface area contributed by atoms with Gasteiger partial charge < -0.3 is 0 Å². The Morgan fingerprint density at radius 2 is 2.25 bits per heavy atom. The molecule has 1 aliphatic heterocycles. The number of nitrogens with one attached hydrogen (secondary N) is 1. The molecule has 1 N–H and O–H groups in total. The zero-order valence-corrected chi connectivity index (χ0v) is 9.62. The van der Waals surface area contributed by atoms with Crippen LogP contribution in [0.5, 0.6) is 0 Å². The van der Waals surface area contributed by atoms with Gasteiger partial charge >= 0.3 is 0 Å². The topological polar surface area (TPSA) is 37.3 Å². The second-order valence-electron chi connectivity index (χ2n) is 3.43. The molecule has 82 valence electrons. The van der Waals surface area contributed by atoms with Crippen LogP contribution in [0.25, 0.3) is 0 Å². The summed E-state index contributed by atoms with van der Waals surface area (Å²) in [6.45, 7) is 7.44. The van der Waals surface area contributed by atoms with Crippen molar-refractivity contribution >= 4 is 5.71 Å². The van der Waals surface area contributed by atoms with Crippen LogP contribution in [0.3, 0.4) is 0 Å². The van der Waals surface area contributed by atoms with Gasteiger partial charge in [0, 0.05) is 29.6 Å². The molecule has 3 nitrogen and oxygen atoms in total. The van der Waals surface area contributed by atoms with E-state index < -0.39 is 0 Å². The van der Waals surface area contributed by atoms with E-state index in [0.29, 0.717) is 0 Å². The highest BCUT2D eigenvalue weighted by Crippen LogP contribution is 2.12. The first kappa shape index (κ1) is 12.0. The first-order chi connectivity index (χ1) is 7.67. The van der Waals surface area contributed by atoms with Gasteiger partial charge in [0.05, 0.1) is 5.71 Å². The van der Waals surface area contributed by atoms with Crippen molar-refractivity contribution in [2.24, 2.45) is 5.10 Å². The predicted octanol–water partition coefficient (Wildman–Crippen LogP) is 2.24. The number of aryl methyl sites for hydroxylation is 1. The number of pyridine rings is 1. The van der Waals surface area contributed by atoms with E-state index in [-0.39, 0.29) is 0 Å². The molecule has 3 heteroatoms. The van der Waals surface area contributed by atoms with E-state index >= 15 is 0 Å². The highest BCUT2D eigenvalue weighted by molar-refractivity contribution is 6.02. The van der Waals surface area contributed by atoms with Crippen molar-refractivity contribution in [3.63, 3.8) is 0 Å². The summed E-state index contributed by atoms with van der Waals surface area (Å²) in [4.78, 5) is 4.13. The number of allylic oxidation sites excluding steroid dienone is 1. The van der Waals surface area contributed by atoms with Gasteiger partial charge in [0.15, 0.2) is 0 Å². The first-order valence-electron chi connectivity index (χ1n) is 4.98. The Kier molecular flexibility index (Phi) is 4.28. The third-order valence-corrected chi connectivity index (χ3v) is 1.96. The van der Waals surface area contributed by atoms with Crippen LogP contribution in [0.4, 0.5) is 0 Å². The van der Waals surface area contributed by atoms with Crippen molar-refractivity contribution in [1.82, 2.24) is 10.4 Å². The van der Waals surface area contributed by atoms with Crippen molar-refractivity contribution in [2.75, 3.05) is 0 Å². The molecule has 2 rings (SSSR count). The minimum Gasteiger partial charge on any atom is -0.283 e. The molecule has 0 spiro atoms. The molecule has 0 amide bonds. The van der Waals surface area contributed by atoms with Gasteiger partial charge in [-0.25, -0.2) is 0 Å². The van der Waals surface area contributed by atoms with E-state index in [9.17, 15) is 0 Å². The van der Waals surface area contributed by atoms with E-state index in [1.165, 1.54) is 0 Å². The molecule has 0 aliphatic carbocycles. The van der Waals surface area contributed by atoms with Crippen molar-refractivity contribution in [3.8, 4) is 12.3 Å². The molecule has 16 heavy (non-hydrogen) atoms. The molecular formula is C13H15N3. The van der Waals surface area contributed by atoms with Crippen LogP contribution in [0.2, 0.25) is 0 Å². The minimum atomic E-state index is 0.809. The molecule has 1 aromatic rings. The van der Waals surface area contributed by atoms with Crippen molar-refractivity contribution in [2.45, 2.75) is 20.3 Å². The van der Waals surface area contributed by atoms with Crippen molar-refractivity contribution in [3.05, 3.63) is 41.9 Å². The Morgan fingerprint density at radius 1 is 1.56 bits per heavy atom. The van der Waals surface area contributed by atoms with Crippen LogP contribution in [0, 0.1) is 19.3 Å². The molecule has 0 aromatic carbocycles. The Bertz CT molecular complexity index is 452. The fourth-order valence-corrected chi connectivity index (χ4v) is 1.32. The third kappa shape index (κ3) is 3.25. The molecule has 1 aliphatic rings. The van der Waals surface area contributed by atoms with Crippen LogP contribution >= 0.6 is 0 Å². The molecular weight excluding hydrogens is 198 g/mol. The monoisotopic (exact) mass is 213 g/mol. The summed E-state index contributed by atoms with van der Waals surface area (Å²) < 4.78 is 0. The summed E-state index contributed by atoms with van der Waals surface area (Å²) in [5.41, 5.74) is 6.98. The van der Waals surface area contributed by atoms with E-state index in [0.717, 1.165) is 29.1 Å². The average Bonchev–Trinajstić information content (AvgIpc) is 2.66. The SMILES string of the molecule is C#CC.C=C1CC(c2ccnc(C)c2)=NN1. The van der Waals surface area contributed by atoms with E-state index in [2.05, 4.69) is 34.4 Å². The number of hydrogen-bond acceptors (Lipinski definition) is 3. The lowest BCUT2D eigenvalue weighted by Crippen LogP contribution is -1.97. The van der Waals surface area contributed by atoms with E-state index in [1.807, 2.05) is 19.1 Å². The lowest BCUT2D eigenvalue weighted by molar-refractivity contribution is 0.931. The highest BCUT2D eigenvalue weighted by Gasteiger charge is 2.11. The second-order valence-corrected chi connectivity index (χ2v) is 3.43. The minimum absolute atomic E-state index is 0.809. The normalized spacial score (nSPS) is 13.1. The zero-order chi connectivity index (χ0) is 12.0. The van der Waals surface area contributed by atoms with Crippen LogP contribution in [-0.2, 0) is 0 Å². The predicted molar refractivity (Wildman–Crippen MR) is 66.9 cm³/mol. The van der Waals surface area contributed by atoms with E-state index in [4.69, 9.17) is 0 Å². The fourth-order valence-electron chi connectivity index (χ4n) is 1.32. The maximum Gasteiger partial charge on any atom is 0.0739 e. The summed E-state index contributed by atoms with van der Waals surface area (Å²) >= 11 is 0. The van der Waals surface area contributed by atoms with Crippen molar-refractivity contribution in [1.29, 1.82) is 0 Å². The van der Waals surface area contributed by atoms with Gasteiger partial charge in [-0.2, -0.15) is 5.10 Å².